The molecule has 4 rings (SSSR count). The Morgan fingerprint density at radius 1 is 1.44 bits per heavy atom. The molecule has 27 heavy (non-hydrogen) atoms. The SMILES string of the molecule is CCn1cnc(CNC(=O)C2CCCN(c3nc4cc(Cl)ccc4o3)C2)c1. The number of amides is 1. The average molecular weight is 388 g/mol. The molecule has 1 saturated heterocycles. The van der Waals surface area contributed by atoms with Crippen LogP contribution >= 0.6 is 11.6 Å². The number of hydrogen-bond acceptors (Lipinski definition) is 5. The predicted octanol–water partition coefficient (Wildman–Crippen LogP) is 3.23. The zero-order valence-corrected chi connectivity index (χ0v) is 15.9. The van der Waals surface area contributed by atoms with Crippen molar-refractivity contribution >= 4 is 34.6 Å². The van der Waals surface area contributed by atoms with E-state index in [1.807, 2.05) is 21.7 Å². The first-order valence-electron chi connectivity index (χ1n) is 9.22. The highest BCUT2D eigenvalue weighted by Gasteiger charge is 2.28. The number of nitrogens with zero attached hydrogens (tertiary/aromatic N) is 4. The molecular formula is C19H22ClN5O2. The van der Waals surface area contributed by atoms with E-state index in [9.17, 15) is 4.79 Å². The van der Waals surface area contributed by atoms with E-state index in [-0.39, 0.29) is 11.8 Å². The van der Waals surface area contributed by atoms with Gasteiger partial charge in [-0.2, -0.15) is 4.98 Å². The number of halogens is 1. The quantitative estimate of drug-likeness (QED) is 0.727. The molecule has 142 valence electrons. The molecule has 1 atom stereocenters. The fourth-order valence-corrected chi connectivity index (χ4v) is 3.55. The number of nitrogens with one attached hydrogen (secondary N) is 1. The highest BCUT2D eigenvalue weighted by molar-refractivity contribution is 6.31. The van der Waals surface area contributed by atoms with Crippen LogP contribution in [0.4, 0.5) is 6.01 Å². The number of fused-ring (bicyclic) bond motifs is 1. The molecule has 0 aliphatic carbocycles. The molecule has 1 aromatic carbocycles. The van der Waals surface area contributed by atoms with Crippen LogP contribution < -0.4 is 10.2 Å². The third kappa shape index (κ3) is 3.93. The molecule has 1 aliphatic heterocycles. The molecule has 1 fully saturated rings. The van der Waals surface area contributed by atoms with Gasteiger partial charge in [0.1, 0.15) is 5.52 Å². The summed E-state index contributed by atoms with van der Waals surface area (Å²) in [6.45, 7) is 4.79. The van der Waals surface area contributed by atoms with E-state index in [4.69, 9.17) is 16.0 Å². The molecule has 2 aromatic heterocycles. The maximum atomic E-state index is 12.6. The van der Waals surface area contributed by atoms with Crippen LogP contribution in [0.25, 0.3) is 11.1 Å². The molecule has 0 radical (unpaired) electrons. The van der Waals surface area contributed by atoms with Gasteiger partial charge in [-0.1, -0.05) is 11.6 Å². The van der Waals surface area contributed by atoms with Crippen LogP contribution in [0.5, 0.6) is 0 Å². The Hall–Kier alpha value is -2.54. The van der Waals surface area contributed by atoms with Crippen LogP contribution in [0.1, 0.15) is 25.5 Å². The number of benzene rings is 1. The van der Waals surface area contributed by atoms with Crippen molar-refractivity contribution in [3.8, 4) is 0 Å². The molecule has 7 nitrogen and oxygen atoms in total. The lowest BCUT2D eigenvalue weighted by Crippen LogP contribution is -2.43. The monoisotopic (exact) mass is 387 g/mol. The standard InChI is InChI=1S/C19H22ClN5O2/c1-2-24-11-15(22-12-24)9-21-18(26)13-4-3-7-25(10-13)19-23-16-8-14(20)5-6-17(16)27-19/h5-6,8,11-13H,2-4,7,9-10H2,1H3,(H,21,26). The van der Waals surface area contributed by atoms with E-state index in [0.717, 1.165) is 37.1 Å². The van der Waals surface area contributed by atoms with E-state index < -0.39 is 0 Å². The Bertz CT molecular complexity index is 951. The third-order valence-electron chi connectivity index (χ3n) is 4.90. The summed E-state index contributed by atoms with van der Waals surface area (Å²) in [5.41, 5.74) is 2.30. The van der Waals surface area contributed by atoms with Crippen LogP contribution in [0.2, 0.25) is 5.02 Å². The minimum atomic E-state index is -0.0920. The minimum Gasteiger partial charge on any atom is -0.423 e. The largest absolute Gasteiger partial charge is 0.423 e. The summed E-state index contributed by atoms with van der Waals surface area (Å²) in [5.74, 6) is -0.0458. The molecule has 1 unspecified atom stereocenters. The number of hydrogen-bond donors (Lipinski definition) is 1. The number of aryl methyl sites for hydroxylation is 1. The zero-order chi connectivity index (χ0) is 18.8. The number of imidazole rings is 1. The maximum absolute atomic E-state index is 12.6. The molecule has 3 aromatic rings. The lowest BCUT2D eigenvalue weighted by Gasteiger charge is -2.30. The number of aromatic nitrogens is 3. The molecule has 0 spiro atoms. The molecule has 3 heterocycles. The van der Waals surface area contributed by atoms with Crippen molar-refractivity contribution in [3.05, 3.63) is 41.4 Å². The smallest absolute Gasteiger partial charge is 0.298 e. The first-order chi connectivity index (χ1) is 13.1. The number of carbonyl (C=O) groups excluding carboxylic acids is 1. The molecular weight excluding hydrogens is 366 g/mol. The van der Waals surface area contributed by atoms with Crippen LogP contribution in [0.15, 0.2) is 35.1 Å². The van der Waals surface area contributed by atoms with Crippen LogP contribution in [0.3, 0.4) is 0 Å². The Morgan fingerprint density at radius 3 is 3.15 bits per heavy atom. The first kappa shape index (κ1) is 17.9. The topological polar surface area (TPSA) is 76.2 Å². The maximum Gasteiger partial charge on any atom is 0.298 e. The third-order valence-corrected chi connectivity index (χ3v) is 5.13. The summed E-state index contributed by atoms with van der Waals surface area (Å²) < 4.78 is 7.84. The highest BCUT2D eigenvalue weighted by Crippen LogP contribution is 2.28. The van der Waals surface area contributed by atoms with Gasteiger partial charge in [-0.25, -0.2) is 4.98 Å². The van der Waals surface area contributed by atoms with E-state index >= 15 is 0 Å². The number of carbonyl (C=O) groups is 1. The second-order valence-electron chi connectivity index (χ2n) is 6.81. The van der Waals surface area contributed by atoms with Crippen molar-refractivity contribution in [1.82, 2.24) is 19.9 Å². The fraction of sp³-hybridized carbons (Fsp3) is 0.421. The van der Waals surface area contributed by atoms with Gasteiger partial charge in [0.15, 0.2) is 5.58 Å². The molecule has 0 saturated carbocycles. The van der Waals surface area contributed by atoms with Crippen molar-refractivity contribution in [2.45, 2.75) is 32.9 Å². The number of piperidine rings is 1. The van der Waals surface area contributed by atoms with Crippen molar-refractivity contribution in [3.63, 3.8) is 0 Å². The summed E-state index contributed by atoms with van der Waals surface area (Å²) in [6, 6.07) is 5.93. The van der Waals surface area contributed by atoms with Crippen molar-refractivity contribution < 1.29 is 9.21 Å². The van der Waals surface area contributed by atoms with Gasteiger partial charge in [0.05, 0.1) is 24.5 Å². The summed E-state index contributed by atoms with van der Waals surface area (Å²) >= 11 is 6.02. The first-order valence-corrected chi connectivity index (χ1v) is 9.59. The Labute approximate surface area is 162 Å². The molecule has 1 aliphatic rings. The van der Waals surface area contributed by atoms with Gasteiger partial charge >= 0.3 is 0 Å². The minimum absolute atomic E-state index is 0.0462. The lowest BCUT2D eigenvalue weighted by atomic mass is 9.97. The van der Waals surface area contributed by atoms with Gasteiger partial charge in [0, 0.05) is 30.9 Å². The Kier molecular flexibility index (Phi) is 5.03. The second kappa shape index (κ2) is 7.60. The van der Waals surface area contributed by atoms with Gasteiger partial charge in [-0.15, -0.1) is 0 Å². The van der Waals surface area contributed by atoms with Gasteiger partial charge in [-0.3, -0.25) is 4.79 Å². The van der Waals surface area contributed by atoms with Gasteiger partial charge in [-0.05, 0) is 38.0 Å². The van der Waals surface area contributed by atoms with Crippen LogP contribution in [0, 0.1) is 5.92 Å². The van der Waals surface area contributed by atoms with Gasteiger partial charge in [0.2, 0.25) is 5.91 Å². The normalized spacial score (nSPS) is 17.4. The number of anilines is 1. The average Bonchev–Trinajstić information content (AvgIpc) is 3.32. The zero-order valence-electron chi connectivity index (χ0n) is 15.2. The predicted molar refractivity (Wildman–Crippen MR) is 104 cm³/mol. The van der Waals surface area contributed by atoms with Crippen LogP contribution in [-0.2, 0) is 17.9 Å². The molecule has 8 heteroatoms. The van der Waals surface area contributed by atoms with E-state index in [2.05, 4.69) is 22.2 Å². The molecule has 1 amide bonds. The van der Waals surface area contributed by atoms with Crippen molar-refractivity contribution in [1.29, 1.82) is 0 Å². The highest BCUT2D eigenvalue weighted by atomic mass is 35.5. The van der Waals surface area contributed by atoms with E-state index in [0.29, 0.717) is 29.7 Å². The van der Waals surface area contributed by atoms with Crippen molar-refractivity contribution in [2.75, 3.05) is 18.0 Å². The molecule has 0 bridgehead atoms. The van der Waals surface area contributed by atoms with Gasteiger partial charge < -0.3 is 19.2 Å². The van der Waals surface area contributed by atoms with Crippen LogP contribution in [-0.4, -0.2) is 33.5 Å². The summed E-state index contributed by atoms with van der Waals surface area (Å²) in [6.07, 6.45) is 5.51. The fourth-order valence-electron chi connectivity index (χ4n) is 3.38. The Balaban J connectivity index is 1.39. The summed E-state index contributed by atoms with van der Waals surface area (Å²) in [7, 11) is 0. The second-order valence-corrected chi connectivity index (χ2v) is 7.24. The van der Waals surface area contributed by atoms with Gasteiger partial charge in [0.25, 0.3) is 6.01 Å². The summed E-state index contributed by atoms with van der Waals surface area (Å²) in [5, 5.41) is 3.63. The lowest BCUT2D eigenvalue weighted by molar-refractivity contribution is -0.125. The van der Waals surface area contributed by atoms with E-state index in [1.54, 1.807) is 18.5 Å². The number of oxazole rings is 1. The number of rotatable bonds is 5. The Morgan fingerprint density at radius 2 is 2.33 bits per heavy atom. The molecule has 1 N–H and O–H groups in total. The summed E-state index contributed by atoms with van der Waals surface area (Å²) in [4.78, 5) is 23.5. The van der Waals surface area contributed by atoms with Crippen molar-refractivity contribution in [2.24, 2.45) is 5.92 Å². The van der Waals surface area contributed by atoms with E-state index in [1.165, 1.54) is 0 Å².